The van der Waals surface area contributed by atoms with Crippen molar-refractivity contribution in [1.82, 2.24) is 5.32 Å². The summed E-state index contributed by atoms with van der Waals surface area (Å²) in [5.41, 5.74) is 4.23. The van der Waals surface area contributed by atoms with Gasteiger partial charge in [0.05, 0.1) is 12.3 Å². The van der Waals surface area contributed by atoms with Gasteiger partial charge in [0.25, 0.3) is 0 Å². The molecule has 0 bridgehead atoms. The van der Waals surface area contributed by atoms with E-state index in [2.05, 4.69) is 28.8 Å². The Morgan fingerprint density at radius 3 is 2.48 bits per heavy atom. The van der Waals surface area contributed by atoms with E-state index in [0.29, 0.717) is 6.42 Å². The number of aryl methyl sites for hydroxylation is 2. The lowest BCUT2D eigenvalue weighted by Gasteiger charge is -2.22. The highest BCUT2D eigenvalue weighted by molar-refractivity contribution is 5.91. The Labute approximate surface area is 160 Å². The molecule has 2 aromatic carbocycles. The molecule has 4 heteroatoms. The number of hydrogen-bond donors (Lipinski definition) is 2. The third-order valence-corrected chi connectivity index (χ3v) is 4.56. The lowest BCUT2D eigenvalue weighted by Crippen LogP contribution is -2.34. The highest BCUT2D eigenvalue weighted by Crippen LogP contribution is 2.23. The fourth-order valence-corrected chi connectivity index (χ4v) is 3.22. The molecule has 140 valence electrons. The van der Waals surface area contributed by atoms with Crippen molar-refractivity contribution >= 4 is 11.6 Å². The molecule has 2 atom stereocenters. The molecule has 1 heterocycles. The molecule has 0 saturated carbocycles. The van der Waals surface area contributed by atoms with Crippen molar-refractivity contribution in [3.8, 4) is 0 Å². The number of hydrogen-bond acceptors (Lipinski definition) is 3. The minimum absolute atomic E-state index is 0.00629. The van der Waals surface area contributed by atoms with E-state index in [1.807, 2.05) is 63.2 Å². The van der Waals surface area contributed by atoms with Gasteiger partial charge < -0.3 is 15.1 Å². The molecule has 0 saturated heterocycles. The van der Waals surface area contributed by atoms with E-state index in [-0.39, 0.29) is 18.0 Å². The van der Waals surface area contributed by atoms with Crippen LogP contribution < -0.4 is 10.6 Å². The normalized spacial score (nSPS) is 13.1. The number of carbonyl (C=O) groups excluding carboxylic acids is 1. The van der Waals surface area contributed by atoms with E-state index in [0.717, 1.165) is 22.6 Å². The van der Waals surface area contributed by atoms with Crippen molar-refractivity contribution in [1.29, 1.82) is 0 Å². The molecular formula is C23H26N2O2. The van der Waals surface area contributed by atoms with Gasteiger partial charge in [0.15, 0.2) is 0 Å². The Bertz CT molecular complexity index is 873. The van der Waals surface area contributed by atoms with Gasteiger partial charge in [-0.15, -0.1) is 0 Å². The third kappa shape index (κ3) is 5.08. The molecule has 1 amide bonds. The van der Waals surface area contributed by atoms with Crippen LogP contribution >= 0.6 is 0 Å². The van der Waals surface area contributed by atoms with Crippen LogP contribution in [0.4, 0.5) is 5.69 Å². The summed E-state index contributed by atoms with van der Waals surface area (Å²) in [6.45, 7) is 6.07. The SMILES string of the molecule is Cc1ccc(NC(=O)CC(C)NC(c2ccccc2)c2ccco2)c(C)c1. The lowest BCUT2D eigenvalue weighted by atomic mass is 10.0. The quantitative estimate of drug-likeness (QED) is 0.622. The van der Waals surface area contributed by atoms with Gasteiger partial charge in [-0.05, 0) is 50.1 Å². The number of carbonyl (C=O) groups is 1. The zero-order chi connectivity index (χ0) is 19.2. The van der Waals surface area contributed by atoms with Crippen molar-refractivity contribution in [3.05, 3.63) is 89.4 Å². The molecule has 0 aliphatic heterocycles. The summed E-state index contributed by atoms with van der Waals surface area (Å²) >= 11 is 0. The largest absolute Gasteiger partial charge is 0.467 e. The van der Waals surface area contributed by atoms with Crippen LogP contribution in [0.3, 0.4) is 0 Å². The average Bonchev–Trinajstić information content (AvgIpc) is 3.17. The van der Waals surface area contributed by atoms with Crippen molar-refractivity contribution < 1.29 is 9.21 Å². The summed E-state index contributed by atoms with van der Waals surface area (Å²) < 4.78 is 5.62. The molecule has 0 spiro atoms. The van der Waals surface area contributed by atoms with Gasteiger partial charge in [-0.3, -0.25) is 4.79 Å². The van der Waals surface area contributed by atoms with E-state index < -0.39 is 0 Å². The van der Waals surface area contributed by atoms with E-state index in [4.69, 9.17) is 4.42 Å². The molecule has 2 N–H and O–H groups in total. The van der Waals surface area contributed by atoms with E-state index in [1.54, 1.807) is 6.26 Å². The van der Waals surface area contributed by atoms with E-state index in [1.165, 1.54) is 5.56 Å². The van der Waals surface area contributed by atoms with Crippen LogP contribution in [-0.2, 0) is 4.79 Å². The Balaban J connectivity index is 1.65. The third-order valence-electron chi connectivity index (χ3n) is 4.56. The highest BCUT2D eigenvalue weighted by Gasteiger charge is 2.20. The number of nitrogens with one attached hydrogen (secondary N) is 2. The van der Waals surface area contributed by atoms with Crippen LogP contribution in [0.15, 0.2) is 71.3 Å². The molecule has 0 aliphatic carbocycles. The molecule has 0 fully saturated rings. The fraction of sp³-hybridized carbons (Fsp3) is 0.261. The van der Waals surface area contributed by atoms with Crippen LogP contribution in [0, 0.1) is 13.8 Å². The number of rotatable bonds is 7. The number of amides is 1. The monoisotopic (exact) mass is 362 g/mol. The standard InChI is InChI=1S/C23H26N2O2/c1-16-11-12-20(17(2)14-16)25-22(26)15-18(3)24-23(21-10-7-13-27-21)19-8-5-4-6-9-19/h4-14,18,23-24H,15H2,1-3H3,(H,25,26). The summed E-state index contributed by atoms with van der Waals surface area (Å²) in [6.07, 6.45) is 2.04. The zero-order valence-electron chi connectivity index (χ0n) is 16.0. The first-order chi connectivity index (χ1) is 13.0. The second kappa shape index (κ2) is 8.69. The number of benzene rings is 2. The predicted molar refractivity (Wildman–Crippen MR) is 109 cm³/mol. The van der Waals surface area contributed by atoms with Crippen LogP contribution in [0.1, 0.15) is 41.8 Å². The van der Waals surface area contributed by atoms with Gasteiger partial charge in [-0.2, -0.15) is 0 Å². The first-order valence-corrected chi connectivity index (χ1v) is 9.24. The summed E-state index contributed by atoms with van der Waals surface area (Å²) in [6, 6.07) is 19.9. The molecule has 3 aromatic rings. The Morgan fingerprint density at radius 2 is 1.81 bits per heavy atom. The Morgan fingerprint density at radius 1 is 1.04 bits per heavy atom. The summed E-state index contributed by atoms with van der Waals surface area (Å²) in [7, 11) is 0. The minimum atomic E-state index is -0.0925. The molecule has 0 radical (unpaired) electrons. The van der Waals surface area contributed by atoms with Gasteiger partial charge in [0.1, 0.15) is 5.76 Å². The van der Waals surface area contributed by atoms with Crippen molar-refractivity contribution in [2.24, 2.45) is 0 Å². The van der Waals surface area contributed by atoms with Crippen molar-refractivity contribution in [2.75, 3.05) is 5.32 Å². The Hall–Kier alpha value is -2.85. The second-order valence-corrected chi connectivity index (χ2v) is 7.00. The predicted octanol–water partition coefficient (Wildman–Crippen LogP) is 4.99. The molecule has 2 unspecified atom stereocenters. The van der Waals surface area contributed by atoms with Crippen LogP contribution in [0.25, 0.3) is 0 Å². The van der Waals surface area contributed by atoms with Gasteiger partial charge >= 0.3 is 0 Å². The van der Waals surface area contributed by atoms with Crippen molar-refractivity contribution in [3.63, 3.8) is 0 Å². The Kier molecular flexibility index (Phi) is 6.09. The molecule has 1 aromatic heterocycles. The molecule has 0 aliphatic rings. The lowest BCUT2D eigenvalue weighted by molar-refractivity contribution is -0.116. The second-order valence-electron chi connectivity index (χ2n) is 7.00. The van der Waals surface area contributed by atoms with Crippen LogP contribution in [-0.4, -0.2) is 11.9 Å². The van der Waals surface area contributed by atoms with Crippen LogP contribution in [0.5, 0.6) is 0 Å². The molecule has 27 heavy (non-hydrogen) atoms. The van der Waals surface area contributed by atoms with Crippen molar-refractivity contribution in [2.45, 2.75) is 39.3 Å². The van der Waals surface area contributed by atoms with Gasteiger partial charge in [-0.1, -0.05) is 48.0 Å². The topological polar surface area (TPSA) is 54.3 Å². The molecular weight excluding hydrogens is 336 g/mol. The maximum atomic E-state index is 12.5. The maximum absolute atomic E-state index is 12.5. The van der Waals surface area contributed by atoms with Gasteiger partial charge in [0.2, 0.25) is 5.91 Å². The van der Waals surface area contributed by atoms with E-state index >= 15 is 0 Å². The smallest absolute Gasteiger partial charge is 0.225 e. The zero-order valence-corrected chi connectivity index (χ0v) is 16.0. The highest BCUT2D eigenvalue weighted by atomic mass is 16.3. The van der Waals surface area contributed by atoms with Gasteiger partial charge in [0, 0.05) is 18.2 Å². The first-order valence-electron chi connectivity index (χ1n) is 9.24. The first kappa shape index (κ1) is 18.9. The van der Waals surface area contributed by atoms with Gasteiger partial charge in [-0.25, -0.2) is 0 Å². The number of furan rings is 1. The number of anilines is 1. The maximum Gasteiger partial charge on any atom is 0.225 e. The van der Waals surface area contributed by atoms with E-state index in [9.17, 15) is 4.79 Å². The molecule has 4 nitrogen and oxygen atoms in total. The summed E-state index contributed by atoms with van der Waals surface area (Å²) in [4.78, 5) is 12.5. The fourth-order valence-electron chi connectivity index (χ4n) is 3.22. The van der Waals surface area contributed by atoms with Crippen LogP contribution in [0.2, 0.25) is 0 Å². The molecule has 3 rings (SSSR count). The average molecular weight is 362 g/mol. The summed E-state index contributed by atoms with van der Waals surface area (Å²) in [5.74, 6) is 0.830. The summed E-state index contributed by atoms with van der Waals surface area (Å²) in [5, 5.41) is 6.54. The minimum Gasteiger partial charge on any atom is -0.467 e.